The van der Waals surface area contributed by atoms with E-state index in [-0.39, 0.29) is 29.9 Å². The summed E-state index contributed by atoms with van der Waals surface area (Å²) in [4.78, 5) is 25.7. The predicted octanol–water partition coefficient (Wildman–Crippen LogP) is 1.05. The molecule has 1 atom stereocenters. The Morgan fingerprint density at radius 3 is 2.78 bits per heavy atom. The normalized spacial score (nSPS) is 17.6. The highest BCUT2D eigenvalue weighted by molar-refractivity contribution is 5.94. The van der Waals surface area contributed by atoms with Crippen LogP contribution in [0.1, 0.15) is 28.2 Å². The Labute approximate surface area is 131 Å². The molecule has 1 aromatic carbocycles. The monoisotopic (exact) mass is 318 g/mol. The van der Waals surface area contributed by atoms with Gasteiger partial charge in [0.05, 0.1) is 6.04 Å². The highest BCUT2D eigenvalue weighted by Gasteiger charge is 2.31. The molecule has 120 valence electrons. The highest BCUT2D eigenvalue weighted by Crippen LogP contribution is 2.16. The average molecular weight is 318 g/mol. The van der Waals surface area contributed by atoms with Crippen molar-refractivity contribution >= 4 is 11.8 Å². The average Bonchev–Trinajstić information content (AvgIpc) is 3.08. The fourth-order valence-electron chi connectivity index (χ4n) is 2.52. The van der Waals surface area contributed by atoms with E-state index < -0.39 is 5.91 Å². The van der Waals surface area contributed by atoms with Crippen LogP contribution in [-0.2, 0) is 11.3 Å². The molecule has 1 saturated heterocycles. The van der Waals surface area contributed by atoms with E-state index >= 15 is 0 Å². The van der Waals surface area contributed by atoms with Gasteiger partial charge in [-0.1, -0.05) is 17.3 Å². The maximum atomic E-state index is 12.9. The van der Waals surface area contributed by atoms with Crippen LogP contribution < -0.4 is 5.32 Å². The van der Waals surface area contributed by atoms with E-state index in [9.17, 15) is 14.0 Å². The summed E-state index contributed by atoms with van der Waals surface area (Å²) in [6.07, 6.45) is 0.220. The third-order valence-corrected chi connectivity index (χ3v) is 3.70. The molecule has 1 fully saturated rings. The molecule has 0 spiro atoms. The minimum Gasteiger partial charge on any atom is -0.345 e. The van der Waals surface area contributed by atoms with Crippen LogP contribution in [0.4, 0.5) is 4.39 Å². The first-order valence-electron chi connectivity index (χ1n) is 7.15. The molecule has 0 bridgehead atoms. The Morgan fingerprint density at radius 1 is 1.39 bits per heavy atom. The van der Waals surface area contributed by atoms with Gasteiger partial charge in [-0.05, 0) is 29.8 Å². The highest BCUT2D eigenvalue weighted by atomic mass is 19.1. The van der Waals surface area contributed by atoms with Crippen LogP contribution >= 0.6 is 0 Å². The van der Waals surface area contributed by atoms with E-state index in [0.29, 0.717) is 18.8 Å². The first-order valence-corrected chi connectivity index (χ1v) is 7.15. The zero-order valence-corrected chi connectivity index (χ0v) is 12.5. The van der Waals surface area contributed by atoms with E-state index in [1.807, 2.05) is 0 Å². The number of hydrogen-bond donors (Lipinski definition) is 1. The van der Waals surface area contributed by atoms with Crippen molar-refractivity contribution in [3.63, 3.8) is 0 Å². The molecule has 7 nitrogen and oxygen atoms in total. The SMILES string of the molecule is Cc1nonc1C(=O)NC1CC(=O)N(Cc2ccc(F)cc2)C1. The molecule has 1 N–H and O–H groups in total. The van der Waals surface area contributed by atoms with Gasteiger partial charge in [-0.15, -0.1) is 0 Å². The van der Waals surface area contributed by atoms with Crippen LogP contribution in [0.3, 0.4) is 0 Å². The molecule has 8 heteroatoms. The van der Waals surface area contributed by atoms with Gasteiger partial charge < -0.3 is 10.2 Å². The lowest BCUT2D eigenvalue weighted by atomic mass is 10.2. The van der Waals surface area contributed by atoms with Crippen molar-refractivity contribution in [3.05, 3.63) is 47.0 Å². The van der Waals surface area contributed by atoms with Gasteiger partial charge in [-0.2, -0.15) is 0 Å². The van der Waals surface area contributed by atoms with Crippen molar-refractivity contribution in [2.75, 3.05) is 6.54 Å². The number of rotatable bonds is 4. The second-order valence-corrected chi connectivity index (χ2v) is 5.47. The number of carbonyl (C=O) groups is 2. The lowest BCUT2D eigenvalue weighted by Crippen LogP contribution is -2.37. The molecule has 1 aliphatic rings. The van der Waals surface area contributed by atoms with Crippen LogP contribution in [0, 0.1) is 12.7 Å². The Bertz CT molecular complexity index is 729. The van der Waals surface area contributed by atoms with Crippen LogP contribution in [0.25, 0.3) is 0 Å². The number of hydrogen-bond acceptors (Lipinski definition) is 5. The molecular formula is C15H15FN4O3. The number of aromatic nitrogens is 2. The van der Waals surface area contributed by atoms with Crippen molar-refractivity contribution < 1.29 is 18.6 Å². The van der Waals surface area contributed by atoms with E-state index in [1.165, 1.54) is 12.1 Å². The van der Waals surface area contributed by atoms with Crippen molar-refractivity contribution in [3.8, 4) is 0 Å². The molecule has 3 rings (SSSR count). The second kappa shape index (κ2) is 6.15. The fourth-order valence-corrected chi connectivity index (χ4v) is 2.52. The third kappa shape index (κ3) is 3.36. The van der Waals surface area contributed by atoms with Crippen LogP contribution in [0.5, 0.6) is 0 Å². The zero-order valence-electron chi connectivity index (χ0n) is 12.5. The zero-order chi connectivity index (χ0) is 16.4. The van der Waals surface area contributed by atoms with Crippen molar-refractivity contribution in [2.24, 2.45) is 0 Å². The molecule has 2 aromatic rings. The number of nitrogens with zero attached hydrogens (tertiary/aromatic N) is 3. The molecule has 1 aliphatic heterocycles. The molecule has 0 aliphatic carbocycles. The van der Waals surface area contributed by atoms with Gasteiger partial charge in [0.2, 0.25) is 5.91 Å². The maximum Gasteiger partial charge on any atom is 0.275 e. The summed E-state index contributed by atoms with van der Waals surface area (Å²) in [7, 11) is 0. The fraction of sp³-hybridized carbons (Fsp3) is 0.333. The molecular weight excluding hydrogens is 303 g/mol. The standard InChI is InChI=1S/C15H15FN4O3/c1-9-14(19-23-18-9)15(22)17-12-6-13(21)20(8-12)7-10-2-4-11(16)5-3-10/h2-5,12H,6-8H2,1H3,(H,17,22). The Morgan fingerprint density at radius 2 is 2.13 bits per heavy atom. The van der Waals surface area contributed by atoms with Gasteiger partial charge in [0.1, 0.15) is 11.5 Å². The van der Waals surface area contributed by atoms with Gasteiger partial charge in [-0.3, -0.25) is 9.59 Å². The second-order valence-electron chi connectivity index (χ2n) is 5.47. The van der Waals surface area contributed by atoms with Crippen molar-refractivity contribution in [1.29, 1.82) is 0 Å². The van der Waals surface area contributed by atoms with E-state index in [1.54, 1.807) is 24.0 Å². The third-order valence-electron chi connectivity index (χ3n) is 3.70. The molecule has 2 heterocycles. The predicted molar refractivity (Wildman–Crippen MR) is 76.7 cm³/mol. The number of benzene rings is 1. The summed E-state index contributed by atoms with van der Waals surface area (Å²) in [6, 6.07) is 5.69. The molecule has 23 heavy (non-hydrogen) atoms. The van der Waals surface area contributed by atoms with Gasteiger partial charge in [0, 0.05) is 19.5 Å². The quantitative estimate of drug-likeness (QED) is 0.910. The molecule has 0 radical (unpaired) electrons. The Kier molecular flexibility index (Phi) is 4.05. The van der Waals surface area contributed by atoms with Gasteiger partial charge in [-0.25, -0.2) is 9.02 Å². The summed E-state index contributed by atoms with van der Waals surface area (Å²) in [5.41, 5.74) is 1.35. The molecule has 1 aromatic heterocycles. The number of halogens is 1. The minimum absolute atomic E-state index is 0.0605. The lowest BCUT2D eigenvalue weighted by Gasteiger charge is -2.17. The van der Waals surface area contributed by atoms with Crippen LogP contribution in [0.15, 0.2) is 28.9 Å². The summed E-state index contributed by atoms with van der Waals surface area (Å²) in [6.45, 7) is 2.40. The minimum atomic E-state index is -0.412. The largest absolute Gasteiger partial charge is 0.345 e. The lowest BCUT2D eigenvalue weighted by molar-refractivity contribution is -0.128. The van der Waals surface area contributed by atoms with Crippen molar-refractivity contribution in [2.45, 2.75) is 25.9 Å². The molecule has 0 saturated carbocycles. The van der Waals surface area contributed by atoms with E-state index in [2.05, 4.69) is 20.3 Å². The Hall–Kier alpha value is -2.77. The van der Waals surface area contributed by atoms with Gasteiger partial charge >= 0.3 is 0 Å². The smallest absolute Gasteiger partial charge is 0.275 e. The topological polar surface area (TPSA) is 88.3 Å². The number of amides is 2. The first-order chi connectivity index (χ1) is 11.0. The van der Waals surface area contributed by atoms with E-state index in [0.717, 1.165) is 5.56 Å². The summed E-state index contributed by atoms with van der Waals surface area (Å²) in [5, 5.41) is 9.84. The number of nitrogens with one attached hydrogen (secondary N) is 1. The molecule has 1 unspecified atom stereocenters. The van der Waals surface area contributed by atoms with Gasteiger partial charge in [0.25, 0.3) is 5.91 Å². The summed E-state index contributed by atoms with van der Waals surface area (Å²) < 4.78 is 17.4. The Balaban J connectivity index is 1.60. The van der Waals surface area contributed by atoms with Crippen LogP contribution in [0.2, 0.25) is 0 Å². The van der Waals surface area contributed by atoms with Crippen molar-refractivity contribution in [1.82, 2.24) is 20.5 Å². The van der Waals surface area contributed by atoms with Crippen LogP contribution in [-0.4, -0.2) is 39.6 Å². The number of aryl methyl sites for hydroxylation is 1. The maximum absolute atomic E-state index is 12.9. The number of likely N-dealkylation sites (tertiary alicyclic amines) is 1. The first kappa shape index (κ1) is 15.1. The van der Waals surface area contributed by atoms with Gasteiger partial charge in [0.15, 0.2) is 5.69 Å². The summed E-state index contributed by atoms with van der Waals surface area (Å²) in [5.74, 6) is -0.789. The summed E-state index contributed by atoms with van der Waals surface area (Å²) >= 11 is 0. The van der Waals surface area contributed by atoms with E-state index in [4.69, 9.17) is 0 Å². The number of carbonyl (C=O) groups excluding carboxylic acids is 2. The molecule has 2 amide bonds.